The largest absolute Gasteiger partial charge is 0.481 e. The van der Waals surface area contributed by atoms with Crippen LogP contribution in [0.3, 0.4) is 0 Å². The van der Waals surface area contributed by atoms with Gasteiger partial charge in [0.15, 0.2) is 0 Å². The van der Waals surface area contributed by atoms with E-state index in [4.69, 9.17) is 5.11 Å². The van der Waals surface area contributed by atoms with E-state index in [-0.39, 0.29) is 12.0 Å². The first-order valence-corrected chi connectivity index (χ1v) is 5.64. The standard InChI is InChI=1S/C11H22N2O2/c1-8(6-7-13(2)3)12-10-5-4-9(10)11(14)15/h8-10,12H,4-7H2,1-3H3,(H,14,15). The van der Waals surface area contributed by atoms with Crippen LogP contribution in [0.5, 0.6) is 0 Å². The van der Waals surface area contributed by atoms with E-state index in [2.05, 4.69) is 31.2 Å². The Hall–Kier alpha value is -0.610. The predicted octanol–water partition coefficient (Wildman–Crippen LogP) is 0.779. The van der Waals surface area contributed by atoms with E-state index in [1.165, 1.54) is 0 Å². The fourth-order valence-corrected chi connectivity index (χ4v) is 1.90. The smallest absolute Gasteiger partial charge is 0.308 e. The molecule has 0 aromatic rings. The molecule has 3 unspecified atom stereocenters. The monoisotopic (exact) mass is 214 g/mol. The summed E-state index contributed by atoms with van der Waals surface area (Å²) in [6, 6.07) is 0.596. The van der Waals surface area contributed by atoms with E-state index < -0.39 is 5.97 Å². The van der Waals surface area contributed by atoms with E-state index in [9.17, 15) is 4.79 Å². The van der Waals surface area contributed by atoms with E-state index in [0.717, 1.165) is 25.8 Å². The lowest BCUT2D eigenvalue weighted by atomic mass is 9.79. The van der Waals surface area contributed by atoms with Crippen molar-refractivity contribution < 1.29 is 9.90 Å². The fourth-order valence-electron chi connectivity index (χ4n) is 1.90. The molecule has 0 aromatic carbocycles. The lowest BCUT2D eigenvalue weighted by Gasteiger charge is -2.36. The molecular formula is C11H22N2O2. The number of rotatable bonds is 6. The SMILES string of the molecule is CC(CCN(C)C)NC1CCC1C(=O)O. The molecule has 1 fully saturated rings. The second kappa shape index (κ2) is 5.47. The Labute approximate surface area is 91.6 Å². The first-order valence-electron chi connectivity index (χ1n) is 5.64. The van der Waals surface area contributed by atoms with Gasteiger partial charge in [-0.2, -0.15) is 0 Å². The maximum Gasteiger partial charge on any atom is 0.308 e. The summed E-state index contributed by atoms with van der Waals surface area (Å²) in [6.07, 6.45) is 2.90. The van der Waals surface area contributed by atoms with Gasteiger partial charge in [0, 0.05) is 12.1 Å². The lowest BCUT2D eigenvalue weighted by molar-refractivity contribution is -0.146. The topological polar surface area (TPSA) is 52.6 Å². The Bertz CT molecular complexity index is 219. The van der Waals surface area contributed by atoms with Gasteiger partial charge in [-0.25, -0.2) is 0 Å². The van der Waals surface area contributed by atoms with Crippen molar-refractivity contribution in [1.29, 1.82) is 0 Å². The van der Waals surface area contributed by atoms with Gasteiger partial charge in [-0.15, -0.1) is 0 Å². The van der Waals surface area contributed by atoms with Crippen molar-refractivity contribution in [2.45, 2.75) is 38.3 Å². The second-order valence-electron chi connectivity index (χ2n) is 4.79. The van der Waals surface area contributed by atoms with Crippen LogP contribution in [-0.2, 0) is 4.79 Å². The molecule has 0 aliphatic heterocycles. The lowest BCUT2D eigenvalue weighted by Crippen LogP contribution is -2.51. The molecule has 0 aromatic heterocycles. The Morgan fingerprint density at radius 1 is 1.53 bits per heavy atom. The van der Waals surface area contributed by atoms with Crippen LogP contribution in [0, 0.1) is 5.92 Å². The number of nitrogens with zero attached hydrogens (tertiary/aromatic N) is 1. The van der Waals surface area contributed by atoms with Crippen LogP contribution in [0.25, 0.3) is 0 Å². The van der Waals surface area contributed by atoms with E-state index in [0.29, 0.717) is 6.04 Å². The third-order valence-corrected chi connectivity index (χ3v) is 3.10. The highest BCUT2D eigenvalue weighted by Gasteiger charge is 2.36. The summed E-state index contributed by atoms with van der Waals surface area (Å²) in [5.74, 6) is -0.814. The number of hydrogen-bond donors (Lipinski definition) is 2. The molecule has 1 rings (SSSR count). The highest BCUT2D eigenvalue weighted by atomic mass is 16.4. The molecule has 2 N–H and O–H groups in total. The first-order chi connectivity index (χ1) is 7.00. The van der Waals surface area contributed by atoms with Crippen molar-refractivity contribution in [1.82, 2.24) is 10.2 Å². The average Bonchev–Trinajstić information content (AvgIpc) is 2.08. The fraction of sp³-hybridized carbons (Fsp3) is 0.909. The minimum atomic E-state index is -0.654. The van der Waals surface area contributed by atoms with Crippen LogP contribution in [-0.4, -0.2) is 48.7 Å². The summed E-state index contributed by atoms with van der Waals surface area (Å²) in [6.45, 7) is 3.17. The molecule has 0 amide bonds. The Kier molecular flexibility index (Phi) is 4.54. The normalized spacial score (nSPS) is 27.5. The predicted molar refractivity (Wildman–Crippen MR) is 59.9 cm³/mol. The van der Waals surface area contributed by atoms with Crippen molar-refractivity contribution >= 4 is 5.97 Å². The summed E-state index contributed by atoms with van der Waals surface area (Å²) >= 11 is 0. The van der Waals surface area contributed by atoms with Crippen LogP contribution in [0.2, 0.25) is 0 Å². The summed E-state index contributed by atoms with van der Waals surface area (Å²) in [5.41, 5.74) is 0. The molecular weight excluding hydrogens is 192 g/mol. The summed E-state index contributed by atoms with van der Waals surface area (Å²) in [5, 5.41) is 12.3. The minimum Gasteiger partial charge on any atom is -0.481 e. The number of carboxylic acids is 1. The van der Waals surface area contributed by atoms with Crippen LogP contribution in [0.15, 0.2) is 0 Å². The molecule has 15 heavy (non-hydrogen) atoms. The van der Waals surface area contributed by atoms with E-state index >= 15 is 0 Å². The van der Waals surface area contributed by atoms with Gasteiger partial charge in [0.1, 0.15) is 0 Å². The highest BCUT2D eigenvalue weighted by Crippen LogP contribution is 2.28. The molecule has 0 radical (unpaired) electrons. The summed E-state index contributed by atoms with van der Waals surface area (Å²) in [7, 11) is 4.10. The van der Waals surface area contributed by atoms with Gasteiger partial charge in [0.2, 0.25) is 0 Å². The quantitative estimate of drug-likeness (QED) is 0.686. The number of aliphatic carboxylic acids is 1. The van der Waals surface area contributed by atoms with Gasteiger partial charge < -0.3 is 15.3 Å². The molecule has 0 heterocycles. The molecule has 1 aliphatic rings. The van der Waals surface area contributed by atoms with Crippen LogP contribution >= 0.6 is 0 Å². The zero-order valence-electron chi connectivity index (χ0n) is 9.86. The molecule has 3 atom stereocenters. The number of carboxylic acid groups (broad SMARTS) is 1. The maximum atomic E-state index is 10.8. The van der Waals surface area contributed by atoms with Crippen LogP contribution in [0.4, 0.5) is 0 Å². The average molecular weight is 214 g/mol. The van der Waals surface area contributed by atoms with Crippen molar-refractivity contribution in [2.75, 3.05) is 20.6 Å². The summed E-state index contributed by atoms with van der Waals surface area (Å²) in [4.78, 5) is 12.9. The Balaban J connectivity index is 2.20. The third-order valence-electron chi connectivity index (χ3n) is 3.10. The van der Waals surface area contributed by atoms with Crippen LogP contribution in [0.1, 0.15) is 26.2 Å². The summed E-state index contributed by atoms with van der Waals surface area (Å²) < 4.78 is 0. The third kappa shape index (κ3) is 3.80. The Morgan fingerprint density at radius 2 is 2.20 bits per heavy atom. The minimum absolute atomic E-state index is 0.160. The molecule has 1 saturated carbocycles. The maximum absolute atomic E-state index is 10.8. The van der Waals surface area contributed by atoms with Gasteiger partial charge in [0.25, 0.3) is 0 Å². The number of carbonyl (C=O) groups is 1. The van der Waals surface area contributed by atoms with Crippen molar-refractivity contribution in [3.63, 3.8) is 0 Å². The zero-order valence-corrected chi connectivity index (χ0v) is 9.86. The van der Waals surface area contributed by atoms with Crippen molar-refractivity contribution in [2.24, 2.45) is 5.92 Å². The first kappa shape index (κ1) is 12.5. The molecule has 4 nitrogen and oxygen atoms in total. The second-order valence-corrected chi connectivity index (χ2v) is 4.79. The Morgan fingerprint density at radius 3 is 2.60 bits per heavy atom. The van der Waals surface area contributed by atoms with E-state index in [1.807, 2.05) is 0 Å². The van der Waals surface area contributed by atoms with Gasteiger partial charge in [-0.3, -0.25) is 4.79 Å². The van der Waals surface area contributed by atoms with Gasteiger partial charge in [0.05, 0.1) is 5.92 Å². The van der Waals surface area contributed by atoms with Gasteiger partial charge >= 0.3 is 5.97 Å². The molecule has 0 saturated heterocycles. The molecule has 0 spiro atoms. The highest BCUT2D eigenvalue weighted by molar-refractivity contribution is 5.72. The zero-order chi connectivity index (χ0) is 11.4. The van der Waals surface area contributed by atoms with Gasteiger partial charge in [-0.1, -0.05) is 0 Å². The molecule has 1 aliphatic carbocycles. The number of nitrogens with one attached hydrogen (secondary N) is 1. The molecule has 88 valence electrons. The van der Waals surface area contributed by atoms with Crippen molar-refractivity contribution in [3.05, 3.63) is 0 Å². The van der Waals surface area contributed by atoms with Crippen molar-refractivity contribution in [3.8, 4) is 0 Å². The van der Waals surface area contributed by atoms with Crippen LogP contribution < -0.4 is 5.32 Å². The molecule has 4 heteroatoms. The van der Waals surface area contributed by atoms with E-state index in [1.54, 1.807) is 0 Å². The number of hydrogen-bond acceptors (Lipinski definition) is 3. The van der Waals surface area contributed by atoms with Gasteiger partial charge in [-0.05, 0) is 46.8 Å². The molecule has 0 bridgehead atoms.